The van der Waals surface area contributed by atoms with E-state index in [0.29, 0.717) is 11.8 Å². The first-order chi connectivity index (χ1) is 19.4. The second-order valence-corrected chi connectivity index (χ2v) is 16.3. The van der Waals surface area contributed by atoms with Crippen LogP contribution in [0.25, 0.3) is 11.1 Å². The highest BCUT2D eigenvalue weighted by Crippen LogP contribution is 2.43. The molecule has 2 aromatic carbocycles. The first kappa shape index (κ1) is 33.2. The molecule has 2 aliphatic heterocycles. The van der Waals surface area contributed by atoms with E-state index >= 15 is 0 Å². The normalized spacial score (nSPS) is 23.7. The fraction of sp³-hybridized carbons (Fsp3) is 0.684. The summed E-state index contributed by atoms with van der Waals surface area (Å²) in [4.78, 5) is 13.8. The maximum atomic E-state index is 6.89. The Morgan fingerprint density at radius 1 is 0.476 bits per heavy atom. The lowest BCUT2D eigenvalue weighted by Crippen LogP contribution is -2.58. The second kappa shape index (κ2) is 12.3. The average molecular weight is 577 g/mol. The van der Waals surface area contributed by atoms with Gasteiger partial charge in [0.25, 0.3) is 0 Å². The number of hydroxylamine groups is 4. The van der Waals surface area contributed by atoms with Crippen LogP contribution in [0.5, 0.6) is 0 Å². The van der Waals surface area contributed by atoms with Crippen molar-refractivity contribution in [1.82, 2.24) is 10.1 Å². The molecule has 0 radical (unpaired) electrons. The molecule has 0 bridgehead atoms. The Balaban J connectivity index is 1.52. The number of hydrogen-bond donors (Lipinski definition) is 0. The Kier molecular flexibility index (Phi) is 9.75. The zero-order valence-corrected chi connectivity index (χ0v) is 28.9. The van der Waals surface area contributed by atoms with Crippen LogP contribution in [0.2, 0.25) is 0 Å². The van der Waals surface area contributed by atoms with Crippen LogP contribution in [0, 0.1) is 11.8 Å². The van der Waals surface area contributed by atoms with Crippen molar-refractivity contribution in [1.29, 1.82) is 0 Å². The van der Waals surface area contributed by atoms with Gasteiger partial charge < -0.3 is 0 Å². The minimum Gasteiger partial charge on any atom is -0.290 e. The summed E-state index contributed by atoms with van der Waals surface area (Å²) in [5, 5.41) is 4.61. The van der Waals surface area contributed by atoms with E-state index < -0.39 is 0 Å². The van der Waals surface area contributed by atoms with Gasteiger partial charge >= 0.3 is 0 Å². The predicted octanol–water partition coefficient (Wildman–Crippen LogP) is 10.7. The summed E-state index contributed by atoms with van der Waals surface area (Å²) in [6.45, 7) is 27.6. The van der Waals surface area contributed by atoms with Crippen LogP contribution < -0.4 is 0 Å². The van der Waals surface area contributed by atoms with E-state index in [-0.39, 0.29) is 34.4 Å². The third-order valence-electron chi connectivity index (χ3n) is 9.81. The molecule has 0 spiro atoms. The second-order valence-electron chi connectivity index (χ2n) is 16.3. The number of benzene rings is 2. The van der Waals surface area contributed by atoms with Crippen molar-refractivity contribution in [3.8, 4) is 11.1 Å². The first-order valence-corrected chi connectivity index (χ1v) is 16.6. The van der Waals surface area contributed by atoms with Crippen LogP contribution in [0.15, 0.2) is 48.5 Å². The molecule has 2 aliphatic rings. The number of rotatable bonds is 9. The zero-order valence-electron chi connectivity index (χ0n) is 28.9. The highest BCUT2D eigenvalue weighted by molar-refractivity contribution is 5.64. The van der Waals surface area contributed by atoms with E-state index in [0.717, 1.165) is 25.7 Å². The maximum Gasteiger partial charge on any atom is 0.107 e. The molecular weight excluding hydrogens is 516 g/mol. The molecule has 234 valence electrons. The third kappa shape index (κ3) is 7.15. The zero-order chi connectivity index (χ0) is 31.1. The standard InChI is InChI=1S/C38H60N2O2/c1-27(2)33(41-39-35(5,6)23-13-24-36(39,7)8)31-19-15-29(16-20-31)30-17-21-32(22-18-30)34(28(3)4)42-40-37(9,10)25-14-26-38(40,11)12/h15-22,27-28,33-34H,13-14,23-26H2,1-12H3. The Morgan fingerprint density at radius 2 is 0.738 bits per heavy atom. The van der Waals surface area contributed by atoms with Gasteiger partial charge in [-0.2, -0.15) is 10.1 Å². The van der Waals surface area contributed by atoms with Gasteiger partial charge in [0.15, 0.2) is 0 Å². The lowest BCUT2D eigenvalue weighted by atomic mass is 9.82. The van der Waals surface area contributed by atoms with Gasteiger partial charge in [-0.25, -0.2) is 0 Å². The lowest BCUT2D eigenvalue weighted by Gasteiger charge is -2.52. The Morgan fingerprint density at radius 3 is 0.976 bits per heavy atom. The van der Waals surface area contributed by atoms with Crippen LogP contribution in [0.3, 0.4) is 0 Å². The quantitative estimate of drug-likeness (QED) is 0.296. The van der Waals surface area contributed by atoms with Gasteiger partial charge in [0.2, 0.25) is 0 Å². The van der Waals surface area contributed by atoms with Crippen molar-refractivity contribution in [2.24, 2.45) is 11.8 Å². The molecule has 4 rings (SSSR count). The molecule has 2 aromatic rings. The average Bonchev–Trinajstić information content (AvgIpc) is 2.87. The van der Waals surface area contributed by atoms with Gasteiger partial charge in [0, 0.05) is 22.2 Å². The summed E-state index contributed by atoms with van der Waals surface area (Å²) in [7, 11) is 0. The molecule has 2 unspecified atom stereocenters. The van der Waals surface area contributed by atoms with E-state index in [1.54, 1.807) is 0 Å². The summed E-state index contributed by atoms with van der Waals surface area (Å²) < 4.78 is 0. The Bertz CT molecular complexity index is 1040. The summed E-state index contributed by atoms with van der Waals surface area (Å²) in [5.41, 5.74) is 5.02. The van der Waals surface area contributed by atoms with Crippen molar-refractivity contribution in [3.05, 3.63) is 59.7 Å². The highest BCUT2D eigenvalue weighted by atomic mass is 16.7. The Hall–Kier alpha value is -1.72. The van der Waals surface area contributed by atoms with Crippen LogP contribution in [0.4, 0.5) is 0 Å². The van der Waals surface area contributed by atoms with Gasteiger partial charge in [0.05, 0.1) is 0 Å². The number of piperidine rings is 2. The van der Waals surface area contributed by atoms with E-state index in [2.05, 4.69) is 142 Å². The topological polar surface area (TPSA) is 24.9 Å². The molecule has 42 heavy (non-hydrogen) atoms. The van der Waals surface area contributed by atoms with Gasteiger partial charge in [-0.05, 0) is 128 Å². The van der Waals surface area contributed by atoms with Gasteiger partial charge in [-0.3, -0.25) is 9.68 Å². The summed E-state index contributed by atoms with van der Waals surface area (Å²) in [5.74, 6) is 0.734. The highest BCUT2D eigenvalue weighted by Gasteiger charge is 2.45. The minimum atomic E-state index is 0.0188. The summed E-state index contributed by atoms with van der Waals surface area (Å²) in [6.07, 6.45) is 7.17. The first-order valence-electron chi connectivity index (χ1n) is 16.6. The van der Waals surface area contributed by atoms with Crippen molar-refractivity contribution >= 4 is 0 Å². The van der Waals surface area contributed by atoms with E-state index in [9.17, 15) is 0 Å². The Labute approximate surface area is 258 Å². The summed E-state index contributed by atoms with van der Waals surface area (Å²) >= 11 is 0. The fourth-order valence-electron chi connectivity index (χ4n) is 7.62. The smallest absolute Gasteiger partial charge is 0.107 e. The van der Waals surface area contributed by atoms with E-state index in [4.69, 9.17) is 9.68 Å². The van der Waals surface area contributed by atoms with Crippen molar-refractivity contribution in [3.63, 3.8) is 0 Å². The van der Waals surface area contributed by atoms with Crippen molar-refractivity contribution < 1.29 is 9.68 Å². The largest absolute Gasteiger partial charge is 0.290 e. The van der Waals surface area contributed by atoms with Gasteiger partial charge in [-0.15, -0.1) is 0 Å². The number of hydrogen-bond acceptors (Lipinski definition) is 4. The van der Waals surface area contributed by atoms with E-state index in [1.807, 2.05) is 0 Å². The monoisotopic (exact) mass is 576 g/mol. The molecule has 4 heteroatoms. The molecule has 0 aromatic heterocycles. The van der Waals surface area contributed by atoms with Crippen molar-refractivity contribution in [2.45, 2.75) is 156 Å². The third-order valence-corrected chi connectivity index (χ3v) is 9.81. The molecule has 2 atom stereocenters. The van der Waals surface area contributed by atoms with Crippen LogP contribution in [-0.4, -0.2) is 32.3 Å². The van der Waals surface area contributed by atoms with Crippen LogP contribution >= 0.6 is 0 Å². The minimum absolute atomic E-state index is 0.0188. The molecule has 0 amide bonds. The fourth-order valence-corrected chi connectivity index (χ4v) is 7.62. The number of nitrogens with zero attached hydrogens (tertiary/aromatic N) is 2. The maximum absolute atomic E-state index is 6.89. The van der Waals surface area contributed by atoms with E-state index in [1.165, 1.54) is 35.1 Å². The molecular formula is C38H60N2O2. The SMILES string of the molecule is CC(C)C(ON1C(C)(C)CCCC1(C)C)c1ccc(-c2ccc(C(ON3C(C)(C)CCCC3(C)C)C(C)C)cc2)cc1. The molecule has 4 nitrogen and oxygen atoms in total. The van der Waals surface area contributed by atoms with Crippen LogP contribution in [0.1, 0.15) is 145 Å². The van der Waals surface area contributed by atoms with Gasteiger partial charge in [0.1, 0.15) is 12.2 Å². The molecule has 0 saturated carbocycles. The molecule has 2 saturated heterocycles. The predicted molar refractivity (Wildman–Crippen MR) is 177 cm³/mol. The van der Waals surface area contributed by atoms with Gasteiger partial charge in [-0.1, -0.05) is 76.2 Å². The lowest BCUT2D eigenvalue weighted by molar-refractivity contribution is -0.313. The molecule has 0 N–H and O–H groups in total. The molecule has 2 fully saturated rings. The van der Waals surface area contributed by atoms with Crippen LogP contribution in [-0.2, 0) is 9.68 Å². The molecule has 2 heterocycles. The van der Waals surface area contributed by atoms with Crippen molar-refractivity contribution in [2.75, 3.05) is 0 Å². The summed E-state index contributed by atoms with van der Waals surface area (Å²) in [6, 6.07) is 18.1. The molecule has 0 aliphatic carbocycles.